The summed E-state index contributed by atoms with van der Waals surface area (Å²) in [6.07, 6.45) is 1.06. The summed E-state index contributed by atoms with van der Waals surface area (Å²) < 4.78 is 0. The first-order chi connectivity index (χ1) is 16.3. The van der Waals surface area contributed by atoms with Crippen LogP contribution >= 0.6 is 0 Å². The molecule has 4 nitrogen and oxygen atoms in total. The fourth-order valence-corrected chi connectivity index (χ4v) is 4.36. The van der Waals surface area contributed by atoms with Gasteiger partial charge >= 0.3 is 0 Å². The van der Waals surface area contributed by atoms with E-state index in [1.54, 1.807) is 0 Å². The predicted octanol–water partition coefficient (Wildman–Crippen LogP) is 6.57. The standard InChI is InChI=1S/C29H22N4/c1-3-11-22(12-4-1)27-30-28(23-13-5-2-6-14-23)32-29(31-27)24-15-9-16-25(20-24)33-19-18-21-10-7-8-17-26(21)33/h1-17,20H,18-19H2. The van der Waals surface area contributed by atoms with Gasteiger partial charge in [0.1, 0.15) is 0 Å². The minimum atomic E-state index is 0.677. The number of hydrogen-bond acceptors (Lipinski definition) is 4. The van der Waals surface area contributed by atoms with Gasteiger partial charge in [0.15, 0.2) is 17.5 Å². The van der Waals surface area contributed by atoms with E-state index in [1.165, 1.54) is 11.3 Å². The molecule has 0 spiro atoms. The summed E-state index contributed by atoms with van der Waals surface area (Å²) in [6.45, 7) is 0.977. The Morgan fingerprint density at radius 1 is 0.515 bits per heavy atom. The number of fused-ring (bicyclic) bond motifs is 1. The van der Waals surface area contributed by atoms with Crippen molar-refractivity contribution >= 4 is 11.4 Å². The molecule has 0 radical (unpaired) electrons. The average Bonchev–Trinajstić information content (AvgIpc) is 3.34. The molecule has 4 aromatic carbocycles. The van der Waals surface area contributed by atoms with E-state index < -0.39 is 0 Å². The van der Waals surface area contributed by atoms with Gasteiger partial charge in [-0.15, -0.1) is 0 Å². The van der Waals surface area contributed by atoms with Crippen LogP contribution in [-0.4, -0.2) is 21.5 Å². The highest BCUT2D eigenvalue weighted by Gasteiger charge is 2.20. The topological polar surface area (TPSA) is 41.9 Å². The third-order valence-electron chi connectivity index (χ3n) is 6.00. The molecule has 0 saturated carbocycles. The van der Waals surface area contributed by atoms with Gasteiger partial charge in [-0.1, -0.05) is 91.0 Å². The number of para-hydroxylation sites is 1. The SMILES string of the molecule is c1ccc(-c2nc(-c3ccccc3)nc(-c3cccc(N4CCc5ccccc54)c3)n2)cc1. The van der Waals surface area contributed by atoms with Crippen molar-refractivity contribution < 1.29 is 0 Å². The van der Waals surface area contributed by atoms with Crippen molar-refractivity contribution in [1.29, 1.82) is 0 Å². The summed E-state index contributed by atoms with van der Waals surface area (Å²) in [4.78, 5) is 16.9. The van der Waals surface area contributed by atoms with Gasteiger partial charge in [-0.2, -0.15) is 0 Å². The molecule has 0 fully saturated rings. The molecule has 2 heterocycles. The molecule has 0 bridgehead atoms. The molecule has 4 heteroatoms. The van der Waals surface area contributed by atoms with Crippen LogP contribution in [0.3, 0.4) is 0 Å². The molecule has 1 aliphatic rings. The Morgan fingerprint density at radius 3 is 1.73 bits per heavy atom. The van der Waals surface area contributed by atoms with Crippen molar-refractivity contribution in [1.82, 2.24) is 15.0 Å². The number of anilines is 2. The lowest BCUT2D eigenvalue weighted by molar-refractivity contribution is 0.998. The minimum absolute atomic E-state index is 0.677. The number of rotatable bonds is 4. The lowest BCUT2D eigenvalue weighted by atomic mass is 10.1. The van der Waals surface area contributed by atoms with Crippen LogP contribution in [0.25, 0.3) is 34.2 Å². The quantitative estimate of drug-likeness (QED) is 0.326. The molecule has 5 aromatic rings. The molecular formula is C29H22N4. The highest BCUT2D eigenvalue weighted by molar-refractivity contribution is 5.74. The van der Waals surface area contributed by atoms with E-state index in [0.29, 0.717) is 17.5 Å². The van der Waals surface area contributed by atoms with Crippen molar-refractivity contribution in [2.45, 2.75) is 6.42 Å². The Balaban J connectivity index is 1.46. The Morgan fingerprint density at radius 2 is 1.06 bits per heavy atom. The van der Waals surface area contributed by atoms with E-state index in [-0.39, 0.29) is 0 Å². The Kier molecular flexibility index (Phi) is 4.89. The second-order valence-electron chi connectivity index (χ2n) is 8.12. The van der Waals surface area contributed by atoms with Gasteiger partial charge in [0.05, 0.1) is 0 Å². The molecule has 158 valence electrons. The molecule has 0 unspecified atom stereocenters. The maximum atomic E-state index is 4.87. The summed E-state index contributed by atoms with van der Waals surface area (Å²) >= 11 is 0. The molecule has 0 N–H and O–H groups in total. The second-order valence-corrected chi connectivity index (χ2v) is 8.12. The molecule has 0 aliphatic carbocycles. The normalized spacial score (nSPS) is 12.5. The zero-order chi connectivity index (χ0) is 22.0. The number of nitrogens with zero attached hydrogens (tertiary/aromatic N) is 4. The first-order valence-corrected chi connectivity index (χ1v) is 11.2. The van der Waals surface area contributed by atoms with Crippen molar-refractivity contribution in [3.63, 3.8) is 0 Å². The van der Waals surface area contributed by atoms with Gasteiger partial charge in [-0.25, -0.2) is 15.0 Å². The first-order valence-electron chi connectivity index (χ1n) is 11.2. The second kappa shape index (κ2) is 8.32. The van der Waals surface area contributed by atoms with Gasteiger partial charge in [0, 0.05) is 34.6 Å². The smallest absolute Gasteiger partial charge is 0.164 e. The van der Waals surface area contributed by atoms with Crippen LogP contribution in [0.15, 0.2) is 109 Å². The molecule has 0 amide bonds. The highest BCUT2D eigenvalue weighted by Crippen LogP contribution is 2.36. The third kappa shape index (κ3) is 3.76. The van der Waals surface area contributed by atoms with Crippen molar-refractivity contribution in [3.8, 4) is 34.2 Å². The molecular weight excluding hydrogens is 404 g/mol. The van der Waals surface area contributed by atoms with Gasteiger partial charge in [-0.3, -0.25) is 0 Å². The van der Waals surface area contributed by atoms with E-state index in [9.17, 15) is 0 Å². The van der Waals surface area contributed by atoms with Crippen LogP contribution in [0.2, 0.25) is 0 Å². The van der Waals surface area contributed by atoms with Gasteiger partial charge in [0.25, 0.3) is 0 Å². The Labute approximate surface area is 193 Å². The largest absolute Gasteiger partial charge is 0.341 e. The van der Waals surface area contributed by atoms with Crippen molar-refractivity contribution in [2.24, 2.45) is 0 Å². The lowest BCUT2D eigenvalue weighted by Crippen LogP contribution is -2.13. The molecule has 33 heavy (non-hydrogen) atoms. The van der Waals surface area contributed by atoms with Crippen molar-refractivity contribution in [2.75, 3.05) is 11.4 Å². The van der Waals surface area contributed by atoms with Crippen LogP contribution in [0.4, 0.5) is 11.4 Å². The van der Waals surface area contributed by atoms with Crippen LogP contribution in [-0.2, 0) is 6.42 Å². The van der Waals surface area contributed by atoms with Gasteiger partial charge < -0.3 is 4.90 Å². The van der Waals surface area contributed by atoms with Crippen LogP contribution in [0, 0.1) is 0 Å². The molecule has 1 aliphatic heterocycles. The minimum Gasteiger partial charge on any atom is -0.341 e. The monoisotopic (exact) mass is 426 g/mol. The summed E-state index contributed by atoms with van der Waals surface area (Å²) in [7, 11) is 0. The zero-order valence-corrected chi connectivity index (χ0v) is 18.1. The molecule has 6 rings (SSSR count). The molecule has 0 atom stereocenters. The summed E-state index contributed by atoms with van der Waals surface area (Å²) in [5.74, 6) is 2.03. The van der Waals surface area contributed by atoms with Crippen LogP contribution in [0.5, 0.6) is 0 Å². The Bertz CT molecular complexity index is 1360. The summed E-state index contributed by atoms with van der Waals surface area (Å²) in [5, 5.41) is 0. The van der Waals surface area contributed by atoms with E-state index in [4.69, 9.17) is 15.0 Å². The van der Waals surface area contributed by atoms with E-state index in [1.807, 2.05) is 60.7 Å². The number of hydrogen-bond donors (Lipinski definition) is 0. The van der Waals surface area contributed by atoms with E-state index in [2.05, 4.69) is 53.4 Å². The first kappa shape index (κ1) is 19.4. The summed E-state index contributed by atoms with van der Waals surface area (Å²) in [5.41, 5.74) is 6.75. The lowest BCUT2D eigenvalue weighted by Gasteiger charge is -2.20. The fourth-order valence-electron chi connectivity index (χ4n) is 4.36. The molecule has 1 aromatic heterocycles. The summed E-state index contributed by atoms with van der Waals surface area (Å²) in [6, 6.07) is 37.3. The van der Waals surface area contributed by atoms with Gasteiger partial charge in [0.2, 0.25) is 0 Å². The van der Waals surface area contributed by atoms with Gasteiger partial charge in [-0.05, 0) is 30.2 Å². The van der Waals surface area contributed by atoms with E-state index in [0.717, 1.165) is 35.3 Å². The number of benzene rings is 4. The average molecular weight is 427 g/mol. The van der Waals surface area contributed by atoms with E-state index >= 15 is 0 Å². The van der Waals surface area contributed by atoms with Crippen molar-refractivity contribution in [3.05, 3.63) is 115 Å². The highest BCUT2D eigenvalue weighted by atomic mass is 15.2. The number of aromatic nitrogens is 3. The zero-order valence-electron chi connectivity index (χ0n) is 18.1. The Hall–Kier alpha value is -4.31. The maximum Gasteiger partial charge on any atom is 0.164 e. The molecule has 0 saturated heterocycles. The third-order valence-corrected chi connectivity index (χ3v) is 6.00. The van der Waals surface area contributed by atoms with Crippen LogP contribution in [0.1, 0.15) is 5.56 Å². The van der Waals surface area contributed by atoms with Crippen LogP contribution < -0.4 is 4.90 Å². The maximum absolute atomic E-state index is 4.87. The fraction of sp³-hybridized carbons (Fsp3) is 0.0690. The predicted molar refractivity (Wildman–Crippen MR) is 133 cm³/mol.